The number of esters is 1. The van der Waals surface area contributed by atoms with Crippen LogP contribution in [-0.4, -0.2) is 69.0 Å². The zero-order chi connectivity index (χ0) is 25.9. The molecule has 3 aromatic heterocycles. The number of carbonyl (C=O) groups is 1. The van der Waals surface area contributed by atoms with Crippen molar-refractivity contribution in [1.29, 1.82) is 0 Å². The third kappa shape index (κ3) is 4.76. The second kappa shape index (κ2) is 10.8. The van der Waals surface area contributed by atoms with E-state index in [0.29, 0.717) is 22.1 Å². The van der Waals surface area contributed by atoms with Crippen LogP contribution in [0.2, 0.25) is 5.02 Å². The predicted molar refractivity (Wildman–Crippen MR) is 141 cm³/mol. The van der Waals surface area contributed by atoms with Gasteiger partial charge in [0.15, 0.2) is 11.3 Å². The van der Waals surface area contributed by atoms with Crippen molar-refractivity contribution < 1.29 is 14.3 Å². The standard InChI is InChI=1S/C27H29ClN6O3/c1-4-33-14-10-18(11-15-33)25-24(27(35)37-5-2)30-31-26-22(19-6-7-20(28)21(16-19)36-3)23(32-34(25)26)17-8-12-29-13-9-17/h6-9,12-13,16,18H,4-5,10-11,14-15H2,1-3H3. The van der Waals surface area contributed by atoms with E-state index in [9.17, 15) is 4.79 Å². The molecule has 0 atom stereocenters. The van der Waals surface area contributed by atoms with Gasteiger partial charge in [0.25, 0.3) is 0 Å². The maximum Gasteiger partial charge on any atom is 0.360 e. The van der Waals surface area contributed by atoms with Crippen molar-refractivity contribution in [3.05, 3.63) is 59.1 Å². The molecule has 1 aromatic carbocycles. The second-order valence-electron chi connectivity index (χ2n) is 8.91. The summed E-state index contributed by atoms with van der Waals surface area (Å²) in [6.45, 7) is 7.07. The molecule has 9 nitrogen and oxygen atoms in total. The largest absolute Gasteiger partial charge is 0.495 e. The molecule has 1 aliphatic rings. The molecule has 1 aliphatic heterocycles. The third-order valence-electron chi connectivity index (χ3n) is 6.86. The molecule has 0 amide bonds. The minimum absolute atomic E-state index is 0.0815. The maximum atomic E-state index is 13.0. The smallest absolute Gasteiger partial charge is 0.360 e. The summed E-state index contributed by atoms with van der Waals surface area (Å²) in [7, 11) is 1.58. The van der Waals surface area contributed by atoms with E-state index in [2.05, 4.69) is 27.0 Å². The average molecular weight is 521 g/mol. The molecule has 192 valence electrons. The molecule has 0 spiro atoms. The minimum atomic E-state index is -0.486. The number of nitrogens with zero attached hydrogens (tertiary/aromatic N) is 6. The highest BCUT2D eigenvalue weighted by molar-refractivity contribution is 6.32. The molecule has 0 bridgehead atoms. The molecule has 1 fully saturated rings. The summed E-state index contributed by atoms with van der Waals surface area (Å²) < 4.78 is 12.6. The molecule has 0 saturated carbocycles. The Bertz CT molecular complexity index is 1420. The van der Waals surface area contributed by atoms with Gasteiger partial charge in [-0.05, 0) is 69.2 Å². The first-order valence-corrected chi connectivity index (χ1v) is 12.9. The van der Waals surface area contributed by atoms with Crippen molar-refractivity contribution in [3.63, 3.8) is 0 Å². The number of fused-ring (bicyclic) bond motifs is 1. The van der Waals surface area contributed by atoms with Crippen LogP contribution in [0.1, 0.15) is 48.8 Å². The summed E-state index contributed by atoms with van der Waals surface area (Å²) in [6, 6.07) is 9.36. The summed E-state index contributed by atoms with van der Waals surface area (Å²) in [5.74, 6) is 0.140. The number of ether oxygens (including phenoxy) is 2. The summed E-state index contributed by atoms with van der Waals surface area (Å²) >= 11 is 6.33. The minimum Gasteiger partial charge on any atom is -0.495 e. The van der Waals surface area contributed by atoms with Crippen molar-refractivity contribution in [2.45, 2.75) is 32.6 Å². The van der Waals surface area contributed by atoms with Crippen molar-refractivity contribution in [3.8, 4) is 28.1 Å². The molecule has 0 N–H and O–H groups in total. The molecular formula is C27H29ClN6O3. The van der Waals surface area contributed by atoms with Gasteiger partial charge >= 0.3 is 5.97 Å². The number of benzene rings is 1. The Labute approximate surface area is 220 Å². The predicted octanol–water partition coefficient (Wildman–Crippen LogP) is 4.89. The molecule has 37 heavy (non-hydrogen) atoms. The first-order chi connectivity index (χ1) is 18.0. The molecule has 5 rings (SSSR count). The molecule has 10 heteroatoms. The molecular weight excluding hydrogens is 492 g/mol. The summed E-state index contributed by atoms with van der Waals surface area (Å²) in [4.78, 5) is 19.6. The molecule has 4 aromatic rings. The van der Waals surface area contributed by atoms with Gasteiger partial charge in [-0.15, -0.1) is 10.2 Å². The topological polar surface area (TPSA) is 94.7 Å². The SMILES string of the molecule is CCOC(=O)c1nnc2c(-c3ccc(Cl)c(OC)c3)c(-c3ccncc3)nn2c1C1CCN(CC)CC1. The molecule has 1 saturated heterocycles. The van der Waals surface area contributed by atoms with Crippen molar-refractivity contribution in [1.82, 2.24) is 29.7 Å². The number of rotatable bonds is 7. The van der Waals surface area contributed by atoms with Gasteiger partial charge in [0.1, 0.15) is 11.4 Å². The van der Waals surface area contributed by atoms with Crippen LogP contribution in [0.25, 0.3) is 28.0 Å². The Morgan fingerprint density at radius 2 is 1.84 bits per heavy atom. The molecule has 4 heterocycles. The zero-order valence-corrected chi connectivity index (χ0v) is 21.9. The van der Waals surface area contributed by atoms with Gasteiger partial charge in [0.05, 0.1) is 30.0 Å². The highest BCUT2D eigenvalue weighted by atomic mass is 35.5. The van der Waals surface area contributed by atoms with Crippen molar-refractivity contribution in [2.75, 3.05) is 33.4 Å². The Hall–Kier alpha value is -3.56. The number of pyridine rings is 1. The number of hydrogen-bond donors (Lipinski definition) is 0. The van der Waals surface area contributed by atoms with Crippen LogP contribution < -0.4 is 4.74 Å². The maximum absolute atomic E-state index is 13.0. The molecule has 0 unspecified atom stereocenters. The number of piperidine rings is 1. The monoisotopic (exact) mass is 520 g/mol. The quantitative estimate of drug-likeness (QED) is 0.318. The fourth-order valence-electron chi connectivity index (χ4n) is 4.95. The number of halogens is 1. The summed E-state index contributed by atoms with van der Waals surface area (Å²) in [5, 5.41) is 14.5. The number of hydrogen-bond acceptors (Lipinski definition) is 8. The van der Waals surface area contributed by atoms with Gasteiger partial charge < -0.3 is 14.4 Å². The van der Waals surface area contributed by atoms with E-state index >= 15 is 0 Å². The van der Waals surface area contributed by atoms with E-state index < -0.39 is 5.97 Å². The normalized spacial score (nSPS) is 14.7. The van der Waals surface area contributed by atoms with Crippen molar-refractivity contribution in [2.24, 2.45) is 0 Å². The number of aromatic nitrogens is 5. The lowest BCUT2D eigenvalue weighted by atomic mass is 9.92. The van der Waals surface area contributed by atoms with E-state index in [1.165, 1.54) is 0 Å². The lowest BCUT2D eigenvalue weighted by Gasteiger charge is -2.31. The van der Waals surface area contributed by atoms with Crippen LogP contribution in [0.15, 0.2) is 42.7 Å². The Morgan fingerprint density at radius 3 is 2.51 bits per heavy atom. The fourth-order valence-corrected chi connectivity index (χ4v) is 5.14. The third-order valence-corrected chi connectivity index (χ3v) is 7.17. The van der Waals surface area contributed by atoms with Crippen LogP contribution in [0.4, 0.5) is 0 Å². The van der Waals surface area contributed by atoms with Gasteiger partial charge in [0, 0.05) is 23.9 Å². The van der Waals surface area contributed by atoms with Gasteiger partial charge in [-0.25, -0.2) is 9.31 Å². The molecule has 0 aliphatic carbocycles. The van der Waals surface area contributed by atoms with Crippen LogP contribution in [0.3, 0.4) is 0 Å². The van der Waals surface area contributed by atoms with Crippen LogP contribution in [0, 0.1) is 0 Å². The Morgan fingerprint density at radius 1 is 1.08 bits per heavy atom. The first kappa shape index (κ1) is 25.1. The number of likely N-dealkylation sites (tertiary alicyclic amines) is 1. The fraction of sp³-hybridized carbons (Fsp3) is 0.370. The molecule has 0 radical (unpaired) electrons. The van der Waals surface area contributed by atoms with E-state index in [0.717, 1.165) is 54.9 Å². The summed E-state index contributed by atoms with van der Waals surface area (Å²) in [5.41, 5.74) is 4.68. The zero-order valence-electron chi connectivity index (χ0n) is 21.1. The highest BCUT2D eigenvalue weighted by Gasteiger charge is 2.31. The van der Waals surface area contributed by atoms with Crippen LogP contribution in [-0.2, 0) is 4.74 Å². The lowest BCUT2D eigenvalue weighted by molar-refractivity contribution is 0.0513. The van der Waals surface area contributed by atoms with E-state index in [1.807, 2.05) is 24.3 Å². The van der Waals surface area contributed by atoms with E-state index in [1.54, 1.807) is 37.0 Å². The summed E-state index contributed by atoms with van der Waals surface area (Å²) in [6.07, 6.45) is 5.22. The lowest BCUT2D eigenvalue weighted by Crippen LogP contribution is -2.34. The van der Waals surface area contributed by atoms with Crippen LogP contribution in [0.5, 0.6) is 5.75 Å². The highest BCUT2D eigenvalue weighted by Crippen LogP contribution is 2.39. The van der Waals surface area contributed by atoms with Gasteiger partial charge in [0.2, 0.25) is 0 Å². The van der Waals surface area contributed by atoms with Crippen LogP contribution >= 0.6 is 11.6 Å². The second-order valence-corrected chi connectivity index (χ2v) is 9.31. The number of carbonyl (C=O) groups excluding carboxylic acids is 1. The van der Waals surface area contributed by atoms with Gasteiger partial charge in [-0.3, -0.25) is 4.98 Å². The van der Waals surface area contributed by atoms with E-state index in [4.69, 9.17) is 26.2 Å². The van der Waals surface area contributed by atoms with E-state index in [-0.39, 0.29) is 18.2 Å². The first-order valence-electron chi connectivity index (χ1n) is 12.5. The van der Waals surface area contributed by atoms with Gasteiger partial charge in [-0.1, -0.05) is 24.6 Å². The Kier molecular flexibility index (Phi) is 7.34. The average Bonchev–Trinajstić information content (AvgIpc) is 3.33. The van der Waals surface area contributed by atoms with Crippen molar-refractivity contribution >= 4 is 23.2 Å². The number of methoxy groups -OCH3 is 1. The van der Waals surface area contributed by atoms with Gasteiger partial charge in [-0.2, -0.15) is 5.10 Å². The Balaban J connectivity index is 1.78.